The van der Waals surface area contributed by atoms with E-state index in [1.165, 1.54) is 51.4 Å². The van der Waals surface area contributed by atoms with Gasteiger partial charge in [-0.15, -0.1) is 0 Å². The molecular formula is C60H101N2O6P. The number of rotatable bonds is 47. The topological polar surface area (TPSA) is 108 Å². The fraction of sp³-hybridized carbons (Fsp3) is 0.617. The Morgan fingerprint density at radius 2 is 0.884 bits per heavy atom. The van der Waals surface area contributed by atoms with Gasteiger partial charge in [0.15, 0.2) is 0 Å². The molecule has 0 saturated heterocycles. The molecular weight excluding hydrogens is 876 g/mol. The van der Waals surface area contributed by atoms with Crippen LogP contribution in [0.25, 0.3) is 0 Å². The van der Waals surface area contributed by atoms with E-state index in [9.17, 15) is 19.4 Å². The number of quaternary nitrogens is 1. The maximum Gasteiger partial charge on any atom is 0.268 e. The largest absolute Gasteiger partial charge is 0.756 e. The number of aliphatic hydroxyl groups excluding tert-OH is 1. The van der Waals surface area contributed by atoms with Crippen LogP contribution in [0.1, 0.15) is 187 Å². The molecule has 0 heterocycles. The molecule has 0 fully saturated rings. The van der Waals surface area contributed by atoms with Gasteiger partial charge < -0.3 is 28.8 Å². The van der Waals surface area contributed by atoms with Crippen molar-refractivity contribution in [2.24, 2.45) is 0 Å². The summed E-state index contributed by atoms with van der Waals surface area (Å²) < 4.78 is 23.1. The first-order valence-corrected chi connectivity index (χ1v) is 28.5. The summed E-state index contributed by atoms with van der Waals surface area (Å²) in [4.78, 5) is 25.2. The Morgan fingerprint density at radius 1 is 0.522 bits per heavy atom. The summed E-state index contributed by atoms with van der Waals surface area (Å²) in [6, 6.07) is -0.893. The van der Waals surface area contributed by atoms with Crippen LogP contribution in [0, 0.1) is 0 Å². The van der Waals surface area contributed by atoms with Gasteiger partial charge in [-0.1, -0.05) is 218 Å². The van der Waals surface area contributed by atoms with E-state index in [1.807, 2.05) is 27.2 Å². The van der Waals surface area contributed by atoms with Crippen molar-refractivity contribution >= 4 is 13.7 Å². The third kappa shape index (κ3) is 52.3. The van der Waals surface area contributed by atoms with Gasteiger partial charge in [0.25, 0.3) is 7.82 Å². The smallest absolute Gasteiger partial charge is 0.268 e. The van der Waals surface area contributed by atoms with Gasteiger partial charge in [-0.25, -0.2) is 0 Å². The highest BCUT2D eigenvalue weighted by Crippen LogP contribution is 2.38. The monoisotopic (exact) mass is 977 g/mol. The highest BCUT2D eigenvalue weighted by molar-refractivity contribution is 7.45. The molecule has 392 valence electrons. The molecule has 0 spiro atoms. The van der Waals surface area contributed by atoms with Crippen LogP contribution in [0.3, 0.4) is 0 Å². The minimum absolute atomic E-state index is 0.00867. The van der Waals surface area contributed by atoms with Gasteiger partial charge in [-0.05, 0) is 96.3 Å². The van der Waals surface area contributed by atoms with Crippen molar-refractivity contribution in [1.29, 1.82) is 0 Å². The Hall–Kier alpha value is -3.36. The molecule has 0 saturated carbocycles. The van der Waals surface area contributed by atoms with Crippen LogP contribution >= 0.6 is 7.82 Å². The van der Waals surface area contributed by atoms with Gasteiger partial charge in [-0.3, -0.25) is 9.36 Å². The number of likely N-dealkylation sites (N-methyl/N-ethyl adjacent to an activating group) is 1. The molecule has 0 aromatic heterocycles. The number of nitrogens with one attached hydrogen (secondary N) is 1. The molecule has 0 aromatic rings. The van der Waals surface area contributed by atoms with E-state index < -0.39 is 26.6 Å². The van der Waals surface area contributed by atoms with Gasteiger partial charge in [0.05, 0.1) is 39.9 Å². The maximum atomic E-state index is 12.8. The first-order valence-electron chi connectivity index (χ1n) is 27.0. The van der Waals surface area contributed by atoms with Crippen LogP contribution < -0.4 is 10.2 Å². The molecule has 0 aliphatic rings. The third-order valence-corrected chi connectivity index (χ3v) is 12.1. The maximum absolute atomic E-state index is 12.8. The van der Waals surface area contributed by atoms with Crippen molar-refractivity contribution in [3.05, 3.63) is 134 Å². The van der Waals surface area contributed by atoms with E-state index in [4.69, 9.17) is 9.05 Å². The van der Waals surface area contributed by atoms with Gasteiger partial charge in [0.1, 0.15) is 13.2 Å². The lowest BCUT2D eigenvalue weighted by Crippen LogP contribution is -2.45. The summed E-state index contributed by atoms with van der Waals surface area (Å²) in [6.45, 7) is 4.41. The molecule has 69 heavy (non-hydrogen) atoms. The lowest BCUT2D eigenvalue weighted by atomic mass is 10.0. The molecule has 1 amide bonds. The molecule has 8 nitrogen and oxygen atoms in total. The van der Waals surface area contributed by atoms with Crippen molar-refractivity contribution in [2.45, 2.75) is 199 Å². The fourth-order valence-electron chi connectivity index (χ4n) is 6.88. The summed E-state index contributed by atoms with van der Waals surface area (Å²) >= 11 is 0. The number of amides is 1. The fourth-order valence-corrected chi connectivity index (χ4v) is 7.61. The molecule has 0 aliphatic heterocycles. The zero-order chi connectivity index (χ0) is 50.6. The van der Waals surface area contributed by atoms with Crippen LogP contribution in [0.5, 0.6) is 0 Å². The number of allylic oxidation sites excluding steroid dienone is 21. The summed E-state index contributed by atoms with van der Waals surface area (Å²) in [5.41, 5.74) is 0. The molecule has 0 rings (SSSR count). The number of aliphatic hydroxyl groups is 1. The van der Waals surface area contributed by atoms with Gasteiger partial charge >= 0.3 is 0 Å². The van der Waals surface area contributed by atoms with E-state index >= 15 is 0 Å². The SMILES string of the molecule is CC/C=C\C/C=C\C/C=C\C/C=C\C/C=C\C/C=C\C/C=C\C/C=C\C/C=C\C/C=C\CCCCCCCCCCCCC(=O)NC(COP(=O)([O-])OCC[N+](C)(C)C)C(O)/C=C/CCCCCC. The van der Waals surface area contributed by atoms with Crippen molar-refractivity contribution in [1.82, 2.24) is 5.32 Å². The summed E-state index contributed by atoms with van der Waals surface area (Å²) in [7, 11) is 1.23. The standard InChI is InChI=1S/C60H101N2O6P/c1-6-8-10-12-14-15-16-17-18-19-20-21-22-23-24-25-26-27-28-29-30-31-32-33-34-35-36-37-38-39-40-41-42-43-44-45-46-47-48-50-52-54-60(64)61-58(59(63)53-51-49-13-11-9-7-2)57-68-69(65,66)67-56-55-62(3,4)5/h8,10,14-15,17-18,20-21,23-24,26-27,29-30,32-33,35-36,38-39,51,53,58-59,63H,6-7,9,11-13,16,19,22,25,28,31,34,37,40-50,52,54-57H2,1-5H3,(H-,61,64,65,66)/b10-8-,15-14-,18-17-,21-20-,24-23-,27-26-,30-29-,33-32-,36-35-,39-38-,53-51+. The van der Waals surface area contributed by atoms with E-state index in [2.05, 4.69) is 141 Å². The Kier molecular flexibility index (Phi) is 47.2. The lowest BCUT2D eigenvalue weighted by molar-refractivity contribution is -0.870. The third-order valence-electron chi connectivity index (χ3n) is 11.1. The average molecular weight is 977 g/mol. The number of carbonyl (C=O) groups excluding carboxylic acids is 1. The number of hydrogen-bond donors (Lipinski definition) is 2. The average Bonchev–Trinajstić information content (AvgIpc) is 3.31. The van der Waals surface area contributed by atoms with Crippen molar-refractivity contribution in [3.63, 3.8) is 0 Å². The van der Waals surface area contributed by atoms with Crippen molar-refractivity contribution in [3.8, 4) is 0 Å². The van der Waals surface area contributed by atoms with E-state index in [1.54, 1.807) is 6.08 Å². The number of phosphoric acid groups is 1. The van der Waals surface area contributed by atoms with Crippen LogP contribution in [0.15, 0.2) is 134 Å². The molecule has 0 bridgehead atoms. The van der Waals surface area contributed by atoms with Crippen LogP contribution in [0.4, 0.5) is 0 Å². The van der Waals surface area contributed by atoms with E-state index in [0.29, 0.717) is 17.4 Å². The van der Waals surface area contributed by atoms with Gasteiger partial charge in [-0.2, -0.15) is 0 Å². The van der Waals surface area contributed by atoms with Crippen LogP contribution in [0.2, 0.25) is 0 Å². The van der Waals surface area contributed by atoms with Crippen molar-refractivity contribution < 1.29 is 32.9 Å². The Morgan fingerprint density at radius 3 is 1.29 bits per heavy atom. The number of hydrogen-bond acceptors (Lipinski definition) is 6. The van der Waals surface area contributed by atoms with E-state index in [0.717, 1.165) is 116 Å². The second kappa shape index (κ2) is 49.6. The Bertz CT molecular complexity index is 1580. The zero-order valence-corrected chi connectivity index (χ0v) is 45.3. The minimum atomic E-state index is -4.59. The van der Waals surface area contributed by atoms with Gasteiger partial charge in [0, 0.05) is 6.42 Å². The normalized spacial score (nSPS) is 15.1. The molecule has 0 aliphatic carbocycles. The first kappa shape index (κ1) is 65.6. The zero-order valence-electron chi connectivity index (χ0n) is 44.5. The molecule has 0 aromatic carbocycles. The second-order valence-corrected chi connectivity index (χ2v) is 20.3. The molecule has 3 unspecified atom stereocenters. The van der Waals surface area contributed by atoms with Gasteiger partial charge in [0.2, 0.25) is 5.91 Å². The summed E-state index contributed by atoms with van der Waals surface area (Å²) in [5, 5.41) is 13.6. The number of phosphoric ester groups is 1. The first-order chi connectivity index (χ1) is 33.5. The highest BCUT2D eigenvalue weighted by atomic mass is 31.2. The minimum Gasteiger partial charge on any atom is -0.756 e. The van der Waals surface area contributed by atoms with Crippen molar-refractivity contribution in [2.75, 3.05) is 40.9 Å². The lowest BCUT2D eigenvalue weighted by Gasteiger charge is -2.29. The van der Waals surface area contributed by atoms with Crippen LogP contribution in [-0.4, -0.2) is 68.5 Å². The van der Waals surface area contributed by atoms with E-state index in [-0.39, 0.29) is 12.5 Å². The number of carbonyl (C=O) groups is 1. The predicted octanol–water partition coefficient (Wildman–Crippen LogP) is 15.7. The predicted molar refractivity (Wildman–Crippen MR) is 297 cm³/mol. The molecule has 0 radical (unpaired) electrons. The number of nitrogens with zero attached hydrogens (tertiary/aromatic N) is 1. The Balaban J connectivity index is 3.95. The molecule has 3 atom stereocenters. The number of unbranched alkanes of at least 4 members (excludes halogenated alkanes) is 14. The quantitative estimate of drug-likeness (QED) is 0.0272. The molecule has 2 N–H and O–H groups in total. The molecule has 9 heteroatoms. The summed E-state index contributed by atoms with van der Waals surface area (Å²) in [6.07, 6.45) is 75.7. The second-order valence-electron chi connectivity index (χ2n) is 18.9. The van der Waals surface area contributed by atoms with Crippen LogP contribution in [-0.2, 0) is 18.4 Å². The Labute approximate surface area is 424 Å². The summed E-state index contributed by atoms with van der Waals surface area (Å²) in [5.74, 6) is -0.215. The highest BCUT2D eigenvalue weighted by Gasteiger charge is 2.23.